The van der Waals surface area contributed by atoms with Crippen LogP contribution in [0.3, 0.4) is 0 Å². The molecule has 1 aliphatic rings. The molecule has 1 rings (SSSR count). The summed E-state index contributed by atoms with van der Waals surface area (Å²) in [5.74, 6) is 0.434. The standard InChI is InChI=1S/C9H18FN3O/c10-4-2-6-13-5-1-3-8(7-13)9(11)12-14/h8,14H,1-7H2,(H2,11,12). The van der Waals surface area contributed by atoms with E-state index < -0.39 is 0 Å². The summed E-state index contributed by atoms with van der Waals surface area (Å²) < 4.78 is 12.0. The fraction of sp³-hybridized carbons (Fsp3) is 0.889. The molecule has 4 nitrogen and oxygen atoms in total. The summed E-state index contributed by atoms with van der Waals surface area (Å²) >= 11 is 0. The van der Waals surface area contributed by atoms with Gasteiger partial charge in [-0.05, 0) is 25.8 Å². The average Bonchev–Trinajstić information content (AvgIpc) is 2.25. The number of likely N-dealkylation sites (tertiary alicyclic amines) is 1. The lowest BCUT2D eigenvalue weighted by Gasteiger charge is -2.31. The van der Waals surface area contributed by atoms with E-state index in [1.807, 2.05) is 0 Å². The van der Waals surface area contributed by atoms with Crippen LogP contribution in [-0.4, -0.2) is 42.3 Å². The molecule has 14 heavy (non-hydrogen) atoms. The van der Waals surface area contributed by atoms with Crippen LogP contribution in [0.4, 0.5) is 4.39 Å². The fourth-order valence-corrected chi connectivity index (χ4v) is 1.87. The van der Waals surface area contributed by atoms with Crippen molar-refractivity contribution < 1.29 is 9.60 Å². The van der Waals surface area contributed by atoms with Crippen LogP contribution in [0.15, 0.2) is 5.16 Å². The van der Waals surface area contributed by atoms with Crippen LogP contribution >= 0.6 is 0 Å². The number of hydrogen-bond acceptors (Lipinski definition) is 3. The van der Waals surface area contributed by atoms with Crippen LogP contribution in [0.5, 0.6) is 0 Å². The van der Waals surface area contributed by atoms with E-state index in [9.17, 15) is 4.39 Å². The van der Waals surface area contributed by atoms with Crippen molar-refractivity contribution in [3.63, 3.8) is 0 Å². The smallest absolute Gasteiger partial charge is 0.143 e. The summed E-state index contributed by atoms with van der Waals surface area (Å²) in [5.41, 5.74) is 5.54. The van der Waals surface area contributed by atoms with Crippen molar-refractivity contribution in [1.82, 2.24) is 4.90 Å². The second kappa shape index (κ2) is 5.80. The summed E-state index contributed by atoms with van der Waals surface area (Å²) in [4.78, 5) is 2.17. The van der Waals surface area contributed by atoms with E-state index in [0.29, 0.717) is 12.3 Å². The Morgan fingerprint density at radius 1 is 1.64 bits per heavy atom. The van der Waals surface area contributed by atoms with Gasteiger partial charge in [-0.1, -0.05) is 5.16 Å². The lowest BCUT2D eigenvalue weighted by Crippen LogP contribution is -2.41. The molecule has 1 aliphatic heterocycles. The number of alkyl halides is 1. The Morgan fingerprint density at radius 2 is 2.43 bits per heavy atom. The van der Waals surface area contributed by atoms with Gasteiger partial charge >= 0.3 is 0 Å². The van der Waals surface area contributed by atoms with Crippen molar-refractivity contribution >= 4 is 5.84 Å². The van der Waals surface area contributed by atoms with Gasteiger partial charge in [0.25, 0.3) is 0 Å². The zero-order chi connectivity index (χ0) is 10.4. The van der Waals surface area contributed by atoms with Crippen LogP contribution in [0, 0.1) is 5.92 Å². The number of oxime groups is 1. The molecule has 0 aromatic rings. The first-order chi connectivity index (χ1) is 6.77. The number of piperidine rings is 1. The Hall–Kier alpha value is -0.840. The number of halogens is 1. The Labute approximate surface area is 83.6 Å². The van der Waals surface area contributed by atoms with Crippen LogP contribution in [-0.2, 0) is 0 Å². The van der Waals surface area contributed by atoms with Crippen molar-refractivity contribution in [3.8, 4) is 0 Å². The van der Waals surface area contributed by atoms with Crippen LogP contribution < -0.4 is 5.73 Å². The molecule has 0 amide bonds. The molecule has 1 saturated heterocycles. The second-order valence-electron chi connectivity index (χ2n) is 3.71. The van der Waals surface area contributed by atoms with Gasteiger partial charge in [-0.3, -0.25) is 4.39 Å². The van der Waals surface area contributed by atoms with E-state index in [2.05, 4.69) is 10.1 Å². The highest BCUT2D eigenvalue weighted by atomic mass is 19.1. The molecule has 0 spiro atoms. The quantitative estimate of drug-likeness (QED) is 0.307. The molecule has 0 aromatic heterocycles. The zero-order valence-corrected chi connectivity index (χ0v) is 8.32. The van der Waals surface area contributed by atoms with E-state index in [1.165, 1.54) is 0 Å². The fourth-order valence-electron chi connectivity index (χ4n) is 1.87. The summed E-state index contributed by atoms with van der Waals surface area (Å²) in [6.07, 6.45) is 2.57. The summed E-state index contributed by atoms with van der Waals surface area (Å²) in [6.45, 7) is 2.28. The highest BCUT2D eigenvalue weighted by molar-refractivity contribution is 5.82. The van der Waals surface area contributed by atoms with Gasteiger partial charge in [0.1, 0.15) is 5.84 Å². The molecule has 82 valence electrons. The van der Waals surface area contributed by atoms with Gasteiger partial charge in [-0.15, -0.1) is 0 Å². The third-order valence-electron chi connectivity index (χ3n) is 2.65. The normalized spacial score (nSPS) is 25.2. The lowest BCUT2D eigenvalue weighted by molar-refractivity contribution is 0.193. The molecule has 1 fully saturated rings. The Kier molecular flexibility index (Phi) is 4.65. The Bertz CT molecular complexity index is 198. The van der Waals surface area contributed by atoms with Gasteiger partial charge in [0.2, 0.25) is 0 Å². The average molecular weight is 203 g/mol. The Morgan fingerprint density at radius 3 is 3.07 bits per heavy atom. The topological polar surface area (TPSA) is 61.9 Å². The molecular formula is C9H18FN3O. The molecule has 0 aliphatic carbocycles. The largest absolute Gasteiger partial charge is 0.409 e. The first kappa shape index (κ1) is 11.2. The lowest BCUT2D eigenvalue weighted by atomic mass is 9.97. The number of hydrogen-bond donors (Lipinski definition) is 2. The summed E-state index contributed by atoms with van der Waals surface area (Å²) in [6, 6.07) is 0. The van der Waals surface area contributed by atoms with Crippen LogP contribution in [0.2, 0.25) is 0 Å². The third-order valence-corrected chi connectivity index (χ3v) is 2.65. The second-order valence-corrected chi connectivity index (χ2v) is 3.71. The van der Waals surface area contributed by atoms with Crippen molar-refractivity contribution in [1.29, 1.82) is 0 Å². The van der Waals surface area contributed by atoms with Crippen molar-refractivity contribution in [2.75, 3.05) is 26.3 Å². The highest BCUT2D eigenvalue weighted by Gasteiger charge is 2.22. The van der Waals surface area contributed by atoms with E-state index in [1.54, 1.807) is 0 Å². The van der Waals surface area contributed by atoms with E-state index in [4.69, 9.17) is 10.9 Å². The van der Waals surface area contributed by atoms with Gasteiger partial charge < -0.3 is 15.8 Å². The highest BCUT2D eigenvalue weighted by Crippen LogP contribution is 2.16. The predicted octanol–water partition coefficient (Wildman–Crippen LogP) is 0.804. The van der Waals surface area contributed by atoms with E-state index in [0.717, 1.165) is 32.5 Å². The van der Waals surface area contributed by atoms with E-state index in [-0.39, 0.29) is 12.6 Å². The van der Waals surface area contributed by atoms with Gasteiger partial charge in [-0.25, -0.2) is 0 Å². The maximum atomic E-state index is 12.0. The number of nitrogens with zero attached hydrogens (tertiary/aromatic N) is 2. The molecule has 0 aromatic carbocycles. The first-order valence-electron chi connectivity index (χ1n) is 5.03. The van der Waals surface area contributed by atoms with Gasteiger partial charge in [0.05, 0.1) is 6.67 Å². The number of rotatable bonds is 4. The molecule has 5 heteroatoms. The molecule has 0 saturated carbocycles. The molecule has 1 unspecified atom stereocenters. The van der Waals surface area contributed by atoms with Gasteiger partial charge in [0.15, 0.2) is 0 Å². The predicted molar refractivity (Wildman–Crippen MR) is 53.2 cm³/mol. The minimum atomic E-state index is -0.273. The molecule has 3 N–H and O–H groups in total. The molecule has 1 heterocycles. The van der Waals surface area contributed by atoms with Gasteiger partial charge in [0, 0.05) is 19.0 Å². The van der Waals surface area contributed by atoms with Gasteiger partial charge in [-0.2, -0.15) is 0 Å². The Balaban J connectivity index is 2.35. The van der Waals surface area contributed by atoms with Crippen LogP contribution in [0.25, 0.3) is 0 Å². The van der Waals surface area contributed by atoms with Crippen molar-refractivity contribution in [2.24, 2.45) is 16.8 Å². The SMILES string of the molecule is NC(=NO)C1CCCN(CCCF)C1. The maximum absolute atomic E-state index is 12.0. The van der Waals surface area contributed by atoms with Crippen molar-refractivity contribution in [3.05, 3.63) is 0 Å². The summed E-state index contributed by atoms with van der Waals surface area (Å²) in [7, 11) is 0. The first-order valence-corrected chi connectivity index (χ1v) is 5.03. The van der Waals surface area contributed by atoms with E-state index >= 15 is 0 Å². The molecule has 0 radical (unpaired) electrons. The molecular weight excluding hydrogens is 185 g/mol. The number of amidine groups is 1. The minimum Gasteiger partial charge on any atom is -0.409 e. The minimum absolute atomic E-state index is 0.133. The third kappa shape index (κ3) is 3.14. The number of nitrogens with two attached hydrogens (primary N) is 1. The monoisotopic (exact) mass is 203 g/mol. The maximum Gasteiger partial charge on any atom is 0.143 e. The van der Waals surface area contributed by atoms with Crippen molar-refractivity contribution in [2.45, 2.75) is 19.3 Å². The molecule has 1 atom stereocenters. The summed E-state index contributed by atoms with van der Waals surface area (Å²) in [5, 5.41) is 11.6. The van der Waals surface area contributed by atoms with Crippen LogP contribution in [0.1, 0.15) is 19.3 Å². The zero-order valence-electron chi connectivity index (χ0n) is 8.32. The molecule has 0 bridgehead atoms.